The van der Waals surface area contributed by atoms with Gasteiger partial charge < -0.3 is 11.1 Å². The molecule has 1 aromatic rings. The van der Waals surface area contributed by atoms with Crippen LogP contribution in [0.2, 0.25) is 0 Å². The first-order valence-electron chi connectivity index (χ1n) is 4.81. The van der Waals surface area contributed by atoms with Gasteiger partial charge in [-0.2, -0.15) is 0 Å². The van der Waals surface area contributed by atoms with Crippen LogP contribution in [-0.4, -0.2) is 12.5 Å². The van der Waals surface area contributed by atoms with Crippen LogP contribution in [0.1, 0.15) is 12.5 Å². The molecule has 0 heterocycles. The van der Waals surface area contributed by atoms with Crippen LogP contribution in [-0.2, 0) is 4.79 Å². The molecule has 1 unspecified atom stereocenters. The average molecular weight is 308 g/mol. The second-order valence-corrected chi connectivity index (χ2v) is 4.50. The van der Waals surface area contributed by atoms with E-state index in [1.165, 1.54) is 0 Å². The molecule has 0 aliphatic rings. The number of benzene rings is 1. The molecular weight excluding hydrogens is 291 g/mol. The number of aryl methyl sites for hydroxylation is 1. The van der Waals surface area contributed by atoms with Gasteiger partial charge in [-0.1, -0.05) is 22.9 Å². The summed E-state index contributed by atoms with van der Waals surface area (Å²) >= 11 is 3.37. The summed E-state index contributed by atoms with van der Waals surface area (Å²) < 4.78 is 1.00. The van der Waals surface area contributed by atoms with Crippen molar-refractivity contribution in [1.82, 2.24) is 0 Å². The Hall–Kier alpha value is -0.580. The number of nitrogens with one attached hydrogen (secondary N) is 1. The lowest BCUT2D eigenvalue weighted by molar-refractivity contribution is -0.119. The zero-order valence-corrected chi connectivity index (χ0v) is 11.7. The van der Waals surface area contributed by atoms with E-state index in [0.717, 1.165) is 15.7 Å². The fourth-order valence-electron chi connectivity index (χ4n) is 1.13. The minimum absolute atomic E-state index is 0. The van der Waals surface area contributed by atoms with Gasteiger partial charge >= 0.3 is 0 Å². The van der Waals surface area contributed by atoms with E-state index in [1.807, 2.05) is 32.0 Å². The van der Waals surface area contributed by atoms with E-state index in [2.05, 4.69) is 21.2 Å². The number of halogens is 2. The molecule has 0 aliphatic heterocycles. The molecule has 0 fully saturated rings. The number of rotatable bonds is 3. The Morgan fingerprint density at radius 2 is 2.19 bits per heavy atom. The van der Waals surface area contributed by atoms with Crippen LogP contribution in [0.4, 0.5) is 5.69 Å². The minimum atomic E-state index is -0.159. The molecule has 16 heavy (non-hydrogen) atoms. The molecule has 90 valence electrons. The van der Waals surface area contributed by atoms with E-state index in [1.54, 1.807) is 0 Å². The quantitative estimate of drug-likeness (QED) is 0.902. The molecule has 1 atom stereocenters. The lowest BCUT2D eigenvalue weighted by Gasteiger charge is -2.12. The summed E-state index contributed by atoms with van der Waals surface area (Å²) in [6, 6.07) is 5.74. The second kappa shape index (κ2) is 6.89. The Kier molecular flexibility index (Phi) is 6.64. The summed E-state index contributed by atoms with van der Waals surface area (Å²) in [6.07, 6.45) is 0. The fourth-order valence-corrected chi connectivity index (χ4v) is 1.61. The molecule has 1 amide bonds. The maximum Gasteiger partial charge on any atom is 0.228 e. The average Bonchev–Trinajstić information content (AvgIpc) is 2.20. The molecule has 5 heteroatoms. The van der Waals surface area contributed by atoms with Gasteiger partial charge in [-0.15, -0.1) is 12.4 Å². The predicted molar refractivity (Wildman–Crippen MR) is 73.0 cm³/mol. The molecule has 0 saturated heterocycles. The van der Waals surface area contributed by atoms with E-state index >= 15 is 0 Å². The Morgan fingerprint density at radius 1 is 1.56 bits per heavy atom. The van der Waals surface area contributed by atoms with Crippen molar-refractivity contribution in [2.45, 2.75) is 13.8 Å². The molecule has 0 bridgehead atoms. The summed E-state index contributed by atoms with van der Waals surface area (Å²) in [5, 5.41) is 2.85. The van der Waals surface area contributed by atoms with Gasteiger partial charge in [0.2, 0.25) is 5.91 Å². The SMILES string of the molecule is Cc1cc(Br)ccc1NC(=O)C(C)CN.Cl. The number of carbonyl (C=O) groups is 1. The van der Waals surface area contributed by atoms with E-state index in [9.17, 15) is 4.79 Å². The van der Waals surface area contributed by atoms with Crippen LogP contribution in [0.5, 0.6) is 0 Å². The molecule has 0 spiro atoms. The normalized spacial score (nSPS) is 11.5. The Labute approximate surface area is 110 Å². The maximum absolute atomic E-state index is 11.6. The number of amides is 1. The van der Waals surface area contributed by atoms with Crippen LogP contribution in [0, 0.1) is 12.8 Å². The van der Waals surface area contributed by atoms with Crippen LogP contribution < -0.4 is 11.1 Å². The van der Waals surface area contributed by atoms with Gasteiger partial charge in [0, 0.05) is 22.6 Å². The van der Waals surface area contributed by atoms with E-state index in [0.29, 0.717) is 6.54 Å². The minimum Gasteiger partial charge on any atom is -0.330 e. The third-order valence-electron chi connectivity index (χ3n) is 2.25. The lowest BCUT2D eigenvalue weighted by atomic mass is 10.1. The van der Waals surface area contributed by atoms with Gasteiger partial charge in [0.1, 0.15) is 0 Å². The highest BCUT2D eigenvalue weighted by molar-refractivity contribution is 9.10. The van der Waals surface area contributed by atoms with Gasteiger partial charge in [0.25, 0.3) is 0 Å². The van der Waals surface area contributed by atoms with Crippen LogP contribution in [0.15, 0.2) is 22.7 Å². The number of hydrogen-bond acceptors (Lipinski definition) is 2. The largest absolute Gasteiger partial charge is 0.330 e. The summed E-state index contributed by atoms with van der Waals surface area (Å²) in [5.41, 5.74) is 7.29. The maximum atomic E-state index is 11.6. The highest BCUT2D eigenvalue weighted by Crippen LogP contribution is 2.20. The molecule has 0 aromatic heterocycles. The van der Waals surface area contributed by atoms with Crippen molar-refractivity contribution in [1.29, 1.82) is 0 Å². The molecular formula is C11H16BrClN2O. The molecule has 0 saturated carbocycles. The van der Waals surface area contributed by atoms with Gasteiger partial charge in [-0.05, 0) is 30.7 Å². The van der Waals surface area contributed by atoms with Crippen LogP contribution >= 0.6 is 28.3 Å². The first-order chi connectivity index (χ1) is 7.04. The standard InChI is InChI=1S/C11H15BrN2O.ClH/c1-7-5-9(12)3-4-10(7)14-11(15)8(2)6-13;/h3-5,8H,6,13H2,1-2H3,(H,14,15);1H. The fraction of sp³-hybridized carbons (Fsp3) is 0.364. The Bertz CT molecular complexity index is 371. The van der Waals surface area contributed by atoms with E-state index < -0.39 is 0 Å². The summed E-state index contributed by atoms with van der Waals surface area (Å²) in [7, 11) is 0. The molecule has 1 rings (SSSR count). The van der Waals surface area contributed by atoms with Gasteiger partial charge in [-0.25, -0.2) is 0 Å². The van der Waals surface area contributed by atoms with Gasteiger partial charge in [-0.3, -0.25) is 4.79 Å². The number of hydrogen-bond donors (Lipinski definition) is 2. The monoisotopic (exact) mass is 306 g/mol. The first kappa shape index (κ1) is 15.4. The van der Waals surface area contributed by atoms with E-state index in [-0.39, 0.29) is 24.2 Å². The highest BCUT2D eigenvalue weighted by atomic mass is 79.9. The smallest absolute Gasteiger partial charge is 0.228 e. The van der Waals surface area contributed by atoms with Crippen molar-refractivity contribution in [3.05, 3.63) is 28.2 Å². The third-order valence-corrected chi connectivity index (χ3v) is 2.74. The summed E-state index contributed by atoms with van der Waals surface area (Å²) in [6.45, 7) is 4.12. The van der Waals surface area contributed by atoms with Crippen molar-refractivity contribution in [2.75, 3.05) is 11.9 Å². The van der Waals surface area contributed by atoms with Crippen molar-refractivity contribution in [2.24, 2.45) is 11.7 Å². The van der Waals surface area contributed by atoms with Crippen molar-refractivity contribution in [3.8, 4) is 0 Å². The number of nitrogens with two attached hydrogens (primary N) is 1. The van der Waals surface area contributed by atoms with E-state index in [4.69, 9.17) is 5.73 Å². The Morgan fingerprint density at radius 3 is 2.69 bits per heavy atom. The Balaban J connectivity index is 0.00000225. The topological polar surface area (TPSA) is 55.1 Å². The zero-order chi connectivity index (χ0) is 11.4. The van der Waals surface area contributed by atoms with Crippen molar-refractivity contribution in [3.63, 3.8) is 0 Å². The molecule has 3 nitrogen and oxygen atoms in total. The lowest BCUT2D eigenvalue weighted by Crippen LogP contribution is -2.26. The summed E-state index contributed by atoms with van der Waals surface area (Å²) in [4.78, 5) is 11.6. The molecule has 3 N–H and O–H groups in total. The number of anilines is 1. The third kappa shape index (κ3) is 4.12. The zero-order valence-electron chi connectivity index (χ0n) is 9.29. The van der Waals surface area contributed by atoms with Crippen LogP contribution in [0.25, 0.3) is 0 Å². The molecule has 1 aromatic carbocycles. The number of carbonyl (C=O) groups excluding carboxylic acids is 1. The predicted octanol–water partition coefficient (Wildman–Crippen LogP) is 2.71. The van der Waals surface area contributed by atoms with Crippen LogP contribution in [0.3, 0.4) is 0 Å². The van der Waals surface area contributed by atoms with Gasteiger partial charge in [0.15, 0.2) is 0 Å². The van der Waals surface area contributed by atoms with Gasteiger partial charge in [0.05, 0.1) is 0 Å². The van der Waals surface area contributed by atoms with Crippen molar-refractivity contribution < 1.29 is 4.79 Å². The highest BCUT2D eigenvalue weighted by Gasteiger charge is 2.11. The first-order valence-corrected chi connectivity index (χ1v) is 5.61. The molecule has 0 radical (unpaired) electrons. The second-order valence-electron chi connectivity index (χ2n) is 3.59. The summed E-state index contributed by atoms with van der Waals surface area (Å²) in [5.74, 6) is -0.198. The molecule has 0 aliphatic carbocycles. The van der Waals surface area contributed by atoms with Crippen molar-refractivity contribution >= 4 is 39.9 Å².